The van der Waals surface area contributed by atoms with Crippen LogP contribution >= 0.6 is 11.8 Å². The number of ether oxygens (including phenoxy) is 1. The summed E-state index contributed by atoms with van der Waals surface area (Å²) in [6.45, 7) is 4.50. The highest BCUT2D eigenvalue weighted by atomic mass is 32.2. The van der Waals surface area contributed by atoms with E-state index in [0.29, 0.717) is 6.04 Å². The Morgan fingerprint density at radius 1 is 1.17 bits per heavy atom. The third kappa shape index (κ3) is 3.27. The molecule has 2 fully saturated rings. The molecule has 2 saturated heterocycles. The van der Waals surface area contributed by atoms with E-state index in [4.69, 9.17) is 9.73 Å². The molecule has 3 aliphatic heterocycles. The summed E-state index contributed by atoms with van der Waals surface area (Å²) >= 11 is 1.88. The average molecular weight is 409 g/mol. The Kier molecular flexibility index (Phi) is 5.12. The third-order valence-electron chi connectivity index (χ3n) is 6.32. The molecule has 1 aromatic heterocycles. The Hall–Kier alpha value is -2.21. The highest BCUT2D eigenvalue weighted by molar-refractivity contribution is 8.14. The minimum Gasteiger partial charge on any atom is -0.495 e. The van der Waals surface area contributed by atoms with Crippen LogP contribution in [0.2, 0.25) is 0 Å². The molecule has 0 N–H and O–H groups in total. The minimum atomic E-state index is 0.0235. The van der Waals surface area contributed by atoms with Gasteiger partial charge < -0.3 is 14.5 Å². The first-order valence-corrected chi connectivity index (χ1v) is 11.6. The first-order chi connectivity index (χ1) is 14.3. The second kappa shape index (κ2) is 7.90. The maximum Gasteiger partial charge on any atom is 0.160 e. The molecule has 29 heavy (non-hydrogen) atoms. The number of aromatic nitrogens is 1. The number of rotatable bonds is 5. The maximum absolute atomic E-state index is 5.85. The second-order valence-electron chi connectivity index (χ2n) is 7.96. The van der Waals surface area contributed by atoms with Gasteiger partial charge in [-0.2, -0.15) is 0 Å². The summed E-state index contributed by atoms with van der Waals surface area (Å²) in [5, 5.41) is 1.17. The number of fused-ring (bicyclic) bond motifs is 1. The number of methoxy groups -OCH3 is 1. The van der Waals surface area contributed by atoms with E-state index >= 15 is 0 Å². The fraction of sp³-hybridized carbons (Fsp3) is 0.478. The predicted octanol–water partition coefficient (Wildman–Crippen LogP) is 4.67. The molecular weight excluding hydrogens is 380 g/mol. The van der Waals surface area contributed by atoms with Crippen LogP contribution in [-0.4, -0.2) is 47.0 Å². The molecule has 2 aromatic rings. The van der Waals surface area contributed by atoms with E-state index in [-0.39, 0.29) is 12.1 Å². The Morgan fingerprint density at radius 2 is 2.03 bits per heavy atom. The third-order valence-corrected chi connectivity index (χ3v) is 7.45. The van der Waals surface area contributed by atoms with Gasteiger partial charge in [0.2, 0.25) is 0 Å². The van der Waals surface area contributed by atoms with Crippen LogP contribution in [0.25, 0.3) is 0 Å². The molecular formula is C23H28N4OS. The first-order valence-electron chi connectivity index (χ1n) is 10.6. The summed E-state index contributed by atoms with van der Waals surface area (Å²) in [5.74, 6) is 2.08. The Morgan fingerprint density at radius 3 is 2.76 bits per heavy atom. The zero-order valence-corrected chi connectivity index (χ0v) is 17.9. The van der Waals surface area contributed by atoms with Crippen LogP contribution in [0.15, 0.2) is 47.6 Å². The summed E-state index contributed by atoms with van der Waals surface area (Å²) in [7, 11) is 1.78. The second-order valence-corrected chi connectivity index (χ2v) is 8.95. The number of hydrogen-bond acceptors (Lipinski definition) is 6. The van der Waals surface area contributed by atoms with E-state index in [1.165, 1.54) is 29.3 Å². The minimum absolute atomic E-state index is 0.0235. The molecule has 3 atom stereocenters. The summed E-state index contributed by atoms with van der Waals surface area (Å²) in [5.41, 5.74) is 3.52. The molecule has 152 valence electrons. The number of thioether (sulfide) groups is 1. The number of amidine groups is 1. The van der Waals surface area contributed by atoms with Gasteiger partial charge in [0.25, 0.3) is 0 Å². The van der Waals surface area contributed by atoms with Gasteiger partial charge in [0.05, 0.1) is 24.5 Å². The maximum atomic E-state index is 5.85. The van der Waals surface area contributed by atoms with Crippen LogP contribution in [0, 0.1) is 0 Å². The number of benzene rings is 1. The van der Waals surface area contributed by atoms with E-state index in [0.717, 1.165) is 36.7 Å². The van der Waals surface area contributed by atoms with Crippen molar-refractivity contribution in [2.24, 2.45) is 4.99 Å². The lowest BCUT2D eigenvalue weighted by atomic mass is 9.94. The summed E-state index contributed by atoms with van der Waals surface area (Å²) in [6.07, 6.45) is 5.52. The molecule has 1 aromatic carbocycles. The van der Waals surface area contributed by atoms with Crippen LogP contribution in [0.5, 0.6) is 5.75 Å². The van der Waals surface area contributed by atoms with Crippen molar-refractivity contribution < 1.29 is 4.74 Å². The summed E-state index contributed by atoms with van der Waals surface area (Å²) in [6, 6.07) is 13.6. The van der Waals surface area contributed by atoms with Crippen molar-refractivity contribution in [3.05, 3.63) is 53.9 Å². The van der Waals surface area contributed by atoms with E-state index in [1.54, 1.807) is 7.11 Å². The van der Waals surface area contributed by atoms with Gasteiger partial charge in [-0.05, 0) is 49.1 Å². The molecule has 5 rings (SSSR count). The topological polar surface area (TPSA) is 41.0 Å². The van der Waals surface area contributed by atoms with Crippen molar-refractivity contribution in [1.29, 1.82) is 0 Å². The lowest BCUT2D eigenvalue weighted by Gasteiger charge is -2.32. The Balaban J connectivity index is 1.56. The highest BCUT2D eigenvalue weighted by Gasteiger charge is 2.45. The molecule has 3 aliphatic rings. The summed E-state index contributed by atoms with van der Waals surface area (Å²) in [4.78, 5) is 14.8. The number of aliphatic imine (C=N–C) groups is 1. The molecule has 5 nitrogen and oxygen atoms in total. The standard InChI is InChI=1S/C23H28N4OS/c1-3-17-15-29-23-25-21(18-8-4-5-11-24-18)22(27(17)23)16-9-10-19(20(14-16)28-2)26-12-6-7-13-26/h4-5,8-11,14,17,21-22H,3,6-7,12-13,15H2,1-2H3. The van der Waals surface area contributed by atoms with Crippen LogP contribution in [0.1, 0.15) is 49.5 Å². The first kappa shape index (κ1) is 18.8. The average Bonchev–Trinajstić information content (AvgIpc) is 3.50. The smallest absolute Gasteiger partial charge is 0.160 e. The van der Waals surface area contributed by atoms with Gasteiger partial charge in [-0.15, -0.1) is 0 Å². The number of anilines is 1. The monoisotopic (exact) mass is 408 g/mol. The molecule has 0 bridgehead atoms. The van der Waals surface area contributed by atoms with Crippen LogP contribution < -0.4 is 9.64 Å². The van der Waals surface area contributed by atoms with Crippen molar-refractivity contribution in [2.75, 3.05) is 30.9 Å². The van der Waals surface area contributed by atoms with E-state index in [9.17, 15) is 0 Å². The SMILES string of the molecule is CCC1CSC2=NC(c3ccccn3)C(c3ccc(N4CCCC4)c(OC)c3)N21. The van der Waals surface area contributed by atoms with E-state index in [1.807, 2.05) is 24.0 Å². The zero-order chi connectivity index (χ0) is 19.8. The van der Waals surface area contributed by atoms with Gasteiger partial charge in [-0.1, -0.05) is 30.8 Å². The zero-order valence-electron chi connectivity index (χ0n) is 17.1. The van der Waals surface area contributed by atoms with Gasteiger partial charge >= 0.3 is 0 Å². The molecule has 6 heteroatoms. The van der Waals surface area contributed by atoms with Crippen molar-refractivity contribution in [3.8, 4) is 5.75 Å². The normalized spacial score (nSPS) is 26.0. The molecule has 0 spiro atoms. The molecule has 3 unspecified atom stereocenters. The Bertz CT molecular complexity index is 897. The molecule has 4 heterocycles. The largest absolute Gasteiger partial charge is 0.495 e. The van der Waals surface area contributed by atoms with Crippen LogP contribution in [-0.2, 0) is 0 Å². The lowest BCUT2D eigenvalue weighted by Crippen LogP contribution is -2.35. The highest BCUT2D eigenvalue weighted by Crippen LogP contribution is 2.49. The van der Waals surface area contributed by atoms with Crippen molar-refractivity contribution in [1.82, 2.24) is 9.88 Å². The van der Waals surface area contributed by atoms with Gasteiger partial charge in [0.15, 0.2) is 5.17 Å². The van der Waals surface area contributed by atoms with Crippen LogP contribution in [0.3, 0.4) is 0 Å². The van der Waals surface area contributed by atoms with E-state index < -0.39 is 0 Å². The van der Waals surface area contributed by atoms with Gasteiger partial charge in [-0.3, -0.25) is 9.98 Å². The quantitative estimate of drug-likeness (QED) is 0.719. The van der Waals surface area contributed by atoms with Gasteiger partial charge in [0, 0.05) is 31.1 Å². The number of hydrogen-bond donors (Lipinski definition) is 0. The molecule has 0 amide bonds. The summed E-state index contributed by atoms with van der Waals surface area (Å²) < 4.78 is 5.85. The Labute approximate surface area is 177 Å². The van der Waals surface area contributed by atoms with Crippen molar-refractivity contribution >= 4 is 22.6 Å². The van der Waals surface area contributed by atoms with Gasteiger partial charge in [0.1, 0.15) is 11.8 Å². The lowest BCUT2D eigenvalue weighted by molar-refractivity contribution is 0.254. The van der Waals surface area contributed by atoms with E-state index in [2.05, 4.69) is 52.0 Å². The molecule has 0 saturated carbocycles. The van der Waals surface area contributed by atoms with Gasteiger partial charge in [-0.25, -0.2) is 0 Å². The van der Waals surface area contributed by atoms with Crippen molar-refractivity contribution in [3.63, 3.8) is 0 Å². The fourth-order valence-electron chi connectivity index (χ4n) is 4.81. The number of pyridine rings is 1. The predicted molar refractivity (Wildman–Crippen MR) is 120 cm³/mol. The molecule has 0 aliphatic carbocycles. The fourth-order valence-corrected chi connectivity index (χ4v) is 6.14. The van der Waals surface area contributed by atoms with Crippen molar-refractivity contribution in [2.45, 2.75) is 44.3 Å². The number of nitrogens with zero attached hydrogens (tertiary/aromatic N) is 4. The van der Waals surface area contributed by atoms with Crippen LogP contribution in [0.4, 0.5) is 5.69 Å². The molecule has 0 radical (unpaired) electrons.